The van der Waals surface area contributed by atoms with Crippen molar-refractivity contribution in [2.45, 2.75) is 0 Å². The number of H-pyrrole nitrogens is 1. The highest BCUT2D eigenvalue weighted by atomic mass is 16.4. The molecule has 1 rings (SSSR count). The third-order valence-corrected chi connectivity index (χ3v) is 0.636. The fourth-order valence-electron chi connectivity index (χ4n) is 0.306. The molecule has 0 fully saturated rings. The van der Waals surface area contributed by atoms with Gasteiger partial charge in [0.15, 0.2) is 5.69 Å². The minimum absolute atomic E-state index is 0. The van der Waals surface area contributed by atoms with E-state index < -0.39 is 5.97 Å². The average Bonchev–Trinajstić information content (AvgIpc) is 2.12. The summed E-state index contributed by atoms with van der Waals surface area (Å²) in [6.45, 7) is 0. The van der Waals surface area contributed by atoms with E-state index in [0.717, 1.165) is 0 Å². The number of rotatable bonds is 1. The van der Waals surface area contributed by atoms with Gasteiger partial charge >= 0.3 is 5.97 Å². The molecule has 6 heteroatoms. The quantitative estimate of drug-likeness (QED) is 0.481. The lowest BCUT2D eigenvalue weighted by molar-refractivity contribution is 0.0690. The van der Waals surface area contributed by atoms with E-state index >= 15 is 0 Å². The SMILES string of the molecule is N.O=C(O)c1c[nH]nn1. The van der Waals surface area contributed by atoms with Crippen molar-refractivity contribution >= 4 is 5.97 Å². The molecule has 0 saturated carbocycles. The third kappa shape index (κ3) is 1.50. The van der Waals surface area contributed by atoms with Gasteiger partial charge in [-0.05, 0) is 0 Å². The topological polar surface area (TPSA) is 114 Å². The van der Waals surface area contributed by atoms with Crippen LogP contribution >= 0.6 is 0 Å². The maximum atomic E-state index is 9.94. The number of aromatic carboxylic acids is 1. The number of nitrogens with one attached hydrogen (secondary N) is 1. The van der Waals surface area contributed by atoms with E-state index in [1.54, 1.807) is 0 Å². The van der Waals surface area contributed by atoms with Gasteiger partial charge in [0.05, 0.1) is 6.20 Å². The lowest BCUT2D eigenvalue weighted by Gasteiger charge is -1.75. The fourth-order valence-corrected chi connectivity index (χ4v) is 0.306. The minimum Gasteiger partial charge on any atom is -0.476 e. The number of carboxylic acid groups (broad SMARTS) is 1. The number of carbonyl (C=O) groups is 1. The molecule has 1 heterocycles. The molecule has 9 heavy (non-hydrogen) atoms. The number of aromatic amines is 1. The van der Waals surface area contributed by atoms with Crippen LogP contribution in [0.1, 0.15) is 10.5 Å². The van der Waals surface area contributed by atoms with Crippen LogP contribution in [-0.4, -0.2) is 26.5 Å². The molecule has 0 unspecified atom stereocenters. The second-order valence-electron chi connectivity index (χ2n) is 1.16. The standard InChI is InChI=1S/C3H3N3O2.H3N/c7-3(8)2-1-4-6-5-2;/h1H,(H,7,8)(H,4,5,6);1H3. The summed E-state index contributed by atoms with van der Waals surface area (Å²) in [4.78, 5) is 9.94. The van der Waals surface area contributed by atoms with Gasteiger partial charge in [-0.1, -0.05) is 5.21 Å². The molecular formula is C3H6N4O2. The smallest absolute Gasteiger partial charge is 0.358 e. The Morgan fingerprint density at radius 2 is 2.44 bits per heavy atom. The van der Waals surface area contributed by atoms with Crippen LogP contribution in [0.3, 0.4) is 0 Å². The molecule has 0 aliphatic heterocycles. The second-order valence-corrected chi connectivity index (χ2v) is 1.16. The Labute approximate surface area is 50.5 Å². The monoisotopic (exact) mass is 130 g/mol. The van der Waals surface area contributed by atoms with E-state index in [4.69, 9.17) is 5.11 Å². The van der Waals surface area contributed by atoms with E-state index in [0.29, 0.717) is 0 Å². The predicted octanol–water partition coefficient (Wildman–Crippen LogP) is -0.335. The van der Waals surface area contributed by atoms with Crippen molar-refractivity contribution in [2.75, 3.05) is 0 Å². The molecule has 0 aliphatic rings. The van der Waals surface area contributed by atoms with E-state index in [1.807, 2.05) is 0 Å². The maximum Gasteiger partial charge on any atom is 0.358 e. The van der Waals surface area contributed by atoms with Gasteiger partial charge in [-0.15, -0.1) is 5.10 Å². The summed E-state index contributed by atoms with van der Waals surface area (Å²) in [6, 6.07) is 0. The summed E-state index contributed by atoms with van der Waals surface area (Å²) in [5.74, 6) is -1.07. The number of hydrogen-bond donors (Lipinski definition) is 3. The average molecular weight is 130 g/mol. The summed E-state index contributed by atoms with van der Waals surface area (Å²) in [5, 5.41) is 16.8. The van der Waals surface area contributed by atoms with Crippen LogP contribution in [-0.2, 0) is 0 Å². The number of hydrogen-bond acceptors (Lipinski definition) is 4. The fraction of sp³-hybridized carbons (Fsp3) is 0. The Hall–Kier alpha value is -1.43. The van der Waals surface area contributed by atoms with Crippen LogP contribution in [0.4, 0.5) is 0 Å². The van der Waals surface area contributed by atoms with Gasteiger partial charge in [-0.25, -0.2) is 4.79 Å². The van der Waals surface area contributed by atoms with Crippen molar-refractivity contribution in [2.24, 2.45) is 0 Å². The lowest BCUT2D eigenvalue weighted by Crippen LogP contribution is -1.95. The Kier molecular flexibility index (Phi) is 2.33. The van der Waals surface area contributed by atoms with E-state index in [-0.39, 0.29) is 11.8 Å². The van der Waals surface area contributed by atoms with Crippen LogP contribution in [0.25, 0.3) is 0 Å². The summed E-state index contributed by atoms with van der Waals surface area (Å²) in [5.41, 5.74) is -0.0648. The van der Waals surface area contributed by atoms with Gasteiger partial charge < -0.3 is 11.3 Å². The number of aromatic nitrogens is 3. The van der Waals surface area contributed by atoms with Crippen LogP contribution in [0.15, 0.2) is 6.20 Å². The van der Waals surface area contributed by atoms with E-state index in [9.17, 15) is 4.79 Å². The van der Waals surface area contributed by atoms with Gasteiger partial charge in [-0.2, -0.15) is 0 Å². The van der Waals surface area contributed by atoms with Crippen LogP contribution in [0.5, 0.6) is 0 Å². The molecule has 5 N–H and O–H groups in total. The molecule has 0 radical (unpaired) electrons. The molecule has 0 aliphatic carbocycles. The first-order valence-corrected chi connectivity index (χ1v) is 1.90. The molecule has 0 spiro atoms. The van der Waals surface area contributed by atoms with Crippen LogP contribution < -0.4 is 6.15 Å². The Balaban J connectivity index is 0.000000640. The molecule has 0 bridgehead atoms. The first kappa shape index (κ1) is 7.57. The molecule has 6 nitrogen and oxygen atoms in total. The van der Waals surface area contributed by atoms with Crippen molar-refractivity contribution in [1.82, 2.24) is 21.6 Å². The van der Waals surface area contributed by atoms with Crippen molar-refractivity contribution < 1.29 is 9.90 Å². The molecule has 0 aromatic carbocycles. The highest BCUT2D eigenvalue weighted by Crippen LogP contribution is 1.84. The molecule has 50 valence electrons. The first-order valence-electron chi connectivity index (χ1n) is 1.90. The molecule has 1 aromatic heterocycles. The second kappa shape index (κ2) is 2.78. The van der Waals surface area contributed by atoms with Crippen LogP contribution in [0.2, 0.25) is 0 Å². The molecule has 1 aromatic rings. The van der Waals surface area contributed by atoms with Gasteiger partial charge in [-0.3, -0.25) is 5.10 Å². The highest BCUT2D eigenvalue weighted by molar-refractivity contribution is 5.84. The normalized spacial score (nSPS) is 8.00. The van der Waals surface area contributed by atoms with Crippen LogP contribution in [0, 0.1) is 0 Å². The zero-order valence-electron chi connectivity index (χ0n) is 4.53. The number of carboxylic acids is 1. The maximum absolute atomic E-state index is 9.94. The van der Waals surface area contributed by atoms with E-state index in [1.165, 1.54) is 6.20 Å². The molecule has 0 atom stereocenters. The van der Waals surface area contributed by atoms with Gasteiger partial charge in [0.2, 0.25) is 0 Å². The predicted molar refractivity (Wildman–Crippen MR) is 28.4 cm³/mol. The van der Waals surface area contributed by atoms with Crippen molar-refractivity contribution in [3.8, 4) is 0 Å². The van der Waals surface area contributed by atoms with Gasteiger partial charge in [0.1, 0.15) is 0 Å². The van der Waals surface area contributed by atoms with Crippen molar-refractivity contribution in [3.05, 3.63) is 11.9 Å². The number of nitrogens with zero attached hydrogens (tertiary/aromatic N) is 2. The Bertz CT molecular complexity index is 182. The van der Waals surface area contributed by atoms with Gasteiger partial charge in [0.25, 0.3) is 0 Å². The largest absolute Gasteiger partial charge is 0.476 e. The zero-order chi connectivity index (χ0) is 5.98. The summed E-state index contributed by atoms with van der Waals surface area (Å²) < 4.78 is 0. The minimum atomic E-state index is -1.07. The molecule has 0 saturated heterocycles. The molecular weight excluding hydrogens is 124 g/mol. The summed E-state index contributed by atoms with van der Waals surface area (Å²) in [7, 11) is 0. The van der Waals surface area contributed by atoms with Crippen molar-refractivity contribution in [3.63, 3.8) is 0 Å². The van der Waals surface area contributed by atoms with Gasteiger partial charge in [0, 0.05) is 0 Å². The Morgan fingerprint density at radius 3 is 2.67 bits per heavy atom. The lowest BCUT2D eigenvalue weighted by atomic mass is 10.5. The summed E-state index contributed by atoms with van der Waals surface area (Å²) >= 11 is 0. The Morgan fingerprint density at radius 1 is 1.78 bits per heavy atom. The third-order valence-electron chi connectivity index (χ3n) is 0.636. The highest BCUT2D eigenvalue weighted by Gasteiger charge is 2.02. The first-order chi connectivity index (χ1) is 3.80. The summed E-state index contributed by atoms with van der Waals surface area (Å²) in [6.07, 6.45) is 1.21. The van der Waals surface area contributed by atoms with E-state index in [2.05, 4.69) is 15.4 Å². The zero-order valence-corrected chi connectivity index (χ0v) is 4.53. The van der Waals surface area contributed by atoms with Crippen molar-refractivity contribution in [1.29, 1.82) is 0 Å². The molecule has 0 amide bonds.